The normalized spacial score (nSPS) is 51.5. The van der Waals surface area contributed by atoms with Crippen molar-refractivity contribution < 1.29 is 69.3 Å². The van der Waals surface area contributed by atoms with Gasteiger partial charge in [0, 0.05) is 13.5 Å². The summed E-state index contributed by atoms with van der Waals surface area (Å²) in [5, 5.41) is 79.8. The third-order valence-electron chi connectivity index (χ3n) is 6.17. The second kappa shape index (κ2) is 11.5. The van der Waals surface area contributed by atoms with E-state index in [9.17, 15) is 40.9 Å². The van der Waals surface area contributed by atoms with Gasteiger partial charge in [-0.05, 0) is 6.92 Å². The lowest BCUT2D eigenvalue weighted by Crippen LogP contribution is -2.63. The van der Waals surface area contributed by atoms with Crippen molar-refractivity contribution in [3.63, 3.8) is 0 Å². The summed E-state index contributed by atoms with van der Waals surface area (Å²) in [5.74, 6) is 0. The Bertz CT molecular complexity index is 609. The molecule has 3 aliphatic rings. The summed E-state index contributed by atoms with van der Waals surface area (Å²) >= 11 is 0. The summed E-state index contributed by atoms with van der Waals surface area (Å²) < 4.78 is 32.7. The van der Waals surface area contributed by atoms with Crippen molar-refractivity contribution in [1.82, 2.24) is 0 Å². The molecule has 14 atom stereocenters. The predicted molar refractivity (Wildman–Crippen MR) is 103 cm³/mol. The van der Waals surface area contributed by atoms with Gasteiger partial charge in [-0.15, -0.1) is 0 Å². The maximum atomic E-state index is 10.4. The fourth-order valence-electron chi connectivity index (χ4n) is 4.16. The largest absolute Gasteiger partial charge is 0.394 e. The van der Waals surface area contributed by atoms with Crippen molar-refractivity contribution in [2.45, 2.75) is 99.4 Å². The van der Waals surface area contributed by atoms with Crippen LogP contribution in [0.3, 0.4) is 0 Å². The Labute approximate surface area is 189 Å². The van der Waals surface area contributed by atoms with E-state index in [1.54, 1.807) is 6.92 Å². The molecule has 0 saturated carbocycles. The Morgan fingerprint density at radius 3 is 1.94 bits per heavy atom. The molecule has 0 aliphatic carbocycles. The molecule has 14 nitrogen and oxygen atoms in total. The summed E-state index contributed by atoms with van der Waals surface area (Å²) in [6.45, 7) is 0.501. The Morgan fingerprint density at radius 2 is 1.33 bits per heavy atom. The quantitative estimate of drug-likeness (QED) is 0.169. The number of methoxy groups -OCH3 is 1. The zero-order valence-corrected chi connectivity index (χ0v) is 18.2. The summed E-state index contributed by atoms with van der Waals surface area (Å²) in [7, 11) is 1.42. The summed E-state index contributed by atoms with van der Waals surface area (Å²) in [6, 6.07) is 0. The van der Waals surface area contributed by atoms with Crippen LogP contribution in [0, 0.1) is 0 Å². The van der Waals surface area contributed by atoms with Gasteiger partial charge in [0.25, 0.3) is 0 Å². The monoisotopic (exact) mass is 486 g/mol. The molecule has 0 aromatic rings. The van der Waals surface area contributed by atoms with Gasteiger partial charge >= 0.3 is 0 Å². The molecule has 0 aromatic heterocycles. The number of rotatable bonds is 7. The van der Waals surface area contributed by atoms with Crippen molar-refractivity contribution in [1.29, 1.82) is 0 Å². The Balaban J connectivity index is 1.64. The van der Waals surface area contributed by atoms with Crippen LogP contribution in [0.5, 0.6) is 0 Å². The lowest BCUT2D eigenvalue weighted by molar-refractivity contribution is -0.351. The van der Waals surface area contributed by atoms with E-state index in [0.717, 1.165) is 0 Å². The highest BCUT2D eigenvalue weighted by Crippen LogP contribution is 2.30. The number of aliphatic hydroxyl groups excluding tert-OH is 8. The van der Waals surface area contributed by atoms with Crippen molar-refractivity contribution >= 4 is 0 Å². The van der Waals surface area contributed by atoms with Gasteiger partial charge in [0.1, 0.15) is 54.9 Å². The Kier molecular flexibility index (Phi) is 9.38. The van der Waals surface area contributed by atoms with E-state index in [2.05, 4.69) is 0 Å². The van der Waals surface area contributed by atoms with Crippen LogP contribution in [0.25, 0.3) is 0 Å². The first-order valence-electron chi connectivity index (χ1n) is 10.7. The van der Waals surface area contributed by atoms with E-state index < -0.39 is 99.2 Å². The third kappa shape index (κ3) is 5.82. The number of hydrogen-bond acceptors (Lipinski definition) is 14. The minimum atomic E-state index is -1.68. The molecule has 3 rings (SSSR count). The van der Waals surface area contributed by atoms with Gasteiger partial charge in [0.2, 0.25) is 0 Å². The van der Waals surface area contributed by atoms with Crippen LogP contribution >= 0.6 is 0 Å². The molecule has 0 aromatic carbocycles. The molecule has 33 heavy (non-hydrogen) atoms. The molecular formula is C19H34O14. The maximum Gasteiger partial charge on any atom is 0.187 e. The van der Waals surface area contributed by atoms with Crippen LogP contribution in [0.2, 0.25) is 0 Å². The molecule has 3 heterocycles. The fourth-order valence-corrected chi connectivity index (χ4v) is 4.16. The minimum absolute atomic E-state index is 0.100. The number of aliphatic hydroxyl groups is 8. The summed E-state index contributed by atoms with van der Waals surface area (Å²) in [6.07, 6.45) is -18.2. The third-order valence-corrected chi connectivity index (χ3v) is 6.17. The molecule has 3 aliphatic heterocycles. The van der Waals surface area contributed by atoms with Gasteiger partial charge in [0.05, 0.1) is 25.4 Å². The molecule has 0 bridgehead atoms. The van der Waals surface area contributed by atoms with E-state index in [1.165, 1.54) is 7.11 Å². The lowest BCUT2D eigenvalue weighted by atomic mass is 9.97. The zero-order chi connectivity index (χ0) is 24.4. The van der Waals surface area contributed by atoms with E-state index in [-0.39, 0.29) is 6.42 Å². The van der Waals surface area contributed by atoms with Gasteiger partial charge in [-0.1, -0.05) is 0 Å². The average molecular weight is 486 g/mol. The summed E-state index contributed by atoms with van der Waals surface area (Å²) in [5.41, 5.74) is 0. The average Bonchev–Trinajstić information content (AvgIpc) is 2.79. The van der Waals surface area contributed by atoms with Crippen LogP contribution in [-0.4, -0.2) is 147 Å². The molecule has 0 spiro atoms. The van der Waals surface area contributed by atoms with Gasteiger partial charge in [0.15, 0.2) is 18.9 Å². The maximum absolute atomic E-state index is 10.4. The van der Waals surface area contributed by atoms with E-state index in [0.29, 0.717) is 0 Å². The van der Waals surface area contributed by atoms with Crippen LogP contribution < -0.4 is 0 Å². The molecule has 0 amide bonds. The van der Waals surface area contributed by atoms with Gasteiger partial charge < -0.3 is 69.3 Å². The molecule has 14 heteroatoms. The van der Waals surface area contributed by atoms with E-state index in [1.807, 2.05) is 0 Å². The highest BCUT2D eigenvalue weighted by molar-refractivity contribution is 4.93. The van der Waals surface area contributed by atoms with Crippen LogP contribution in [-0.2, 0) is 28.4 Å². The lowest BCUT2D eigenvalue weighted by Gasteiger charge is -2.45. The first-order chi connectivity index (χ1) is 15.6. The zero-order valence-electron chi connectivity index (χ0n) is 18.2. The van der Waals surface area contributed by atoms with Crippen molar-refractivity contribution in [2.24, 2.45) is 0 Å². The van der Waals surface area contributed by atoms with Crippen LogP contribution in [0.1, 0.15) is 13.3 Å². The SMILES string of the molecule is CO[C@@H]1CC(O)O[C@@H](C)[C@H]1O[C@@H]1O[C@H](CO[C@@H]2O[C@H](CO)[C@@H](O)[C@H](O)[C@H]2O)[C@@H](O)[C@H](O)[C@H]1O. The van der Waals surface area contributed by atoms with E-state index in [4.69, 9.17) is 28.4 Å². The van der Waals surface area contributed by atoms with Crippen LogP contribution in [0.15, 0.2) is 0 Å². The van der Waals surface area contributed by atoms with Crippen molar-refractivity contribution in [3.05, 3.63) is 0 Å². The molecule has 0 radical (unpaired) electrons. The molecule has 8 N–H and O–H groups in total. The van der Waals surface area contributed by atoms with Crippen LogP contribution in [0.4, 0.5) is 0 Å². The predicted octanol–water partition coefficient (Wildman–Crippen LogP) is -4.86. The standard InChI is InChI=1S/C19H34O14/c1-6-17(7(28-2)3-10(21)30-6)33-19-16(27)14(25)12(23)9(32-19)5-29-18-15(26)13(24)11(22)8(4-20)31-18/h6-27H,3-5H2,1-2H3/t6-,7+,8+,9+,10?,11+,12+,13-,14-,15+,16+,17+,18+,19-/m0/s1. The van der Waals surface area contributed by atoms with Crippen molar-refractivity contribution in [3.8, 4) is 0 Å². The number of hydrogen-bond donors (Lipinski definition) is 8. The fraction of sp³-hybridized carbons (Fsp3) is 1.00. The topological polar surface area (TPSA) is 217 Å². The van der Waals surface area contributed by atoms with Gasteiger partial charge in [-0.2, -0.15) is 0 Å². The first kappa shape index (κ1) is 27.0. The minimum Gasteiger partial charge on any atom is -0.394 e. The molecule has 3 saturated heterocycles. The second-order valence-corrected chi connectivity index (χ2v) is 8.45. The van der Waals surface area contributed by atoms with E-state index >= 15 is 0 Å². The number of ether oxygens (including phenoxy) is 6. The molecular weight excluding hydrogens is 452 g/mol. The second-order valence-electron chi connectivity index (χ2n) is 8.45. The Morgan fingerprint density at radius 1 is 0.758 bits per heavy atom. The highest BCUT2D eigenvalue weighted by Gasteiger charge is 2.49. The Hall–Kier alpha value is -0.560. The van der Waals surface area contributed by atoms with Gasteiger partial charge in [-0.25, -0.2) is 0 Å². The summed E-state index contributed by atoms with van der Waals surface area (Å²) in [4.78, 5) is 0. The molecule has 1 unspecified atom stereocenters. The first-order valence-corrected chi connectivity index (χ1v) is 10.7. The molecule has 3 fully saturated rings. The highest BCUT2D eigenvalue weighted by atomic mass is 16.7. The van der Waals surface area contributed by atoms with Crippen molar-refractivity contribution in [2.75, 3.05) is 20.3 Å². The van der Waals surface area contributed by atoms with Gasteiger partial charge in [-0.3, -0.25) is 0 Å². The smallest absolute Gasteiger partial charge is 0.187 e. The molecule has 194 valence electrons.